The molecule has 0 aliphatic heterocycles. The predicted octanol–water partition coefficient (Wildman–Crippen LogP) is 2.25. The number of nitrogens with one attached hydrogen (secondary N) is 1. The molecule has 108 valence electrons. The number of fused-ring (bicyclic) bond motifs is 2. The third-order valence-corrected chi connectivity index (χ3v) is 5.10. The molecule has 22 heavy (non-hydrogen) atoms. The summed E-state index contributed by atoms with van der Waals surface area (Å²) in [6.07, 6.45) is 0. The van der Waals surface area contributed by atoms with Crippen LogP contribution in [-0.2, 0) is 0 Å². The maximum absolute atomic E-state index is 12.5. The van der Waals surface area contributed by atoms with Crippen LogP contribution in [0.15, 0.2) is 30.3 Å². The number of aromatic nitrogens is 4. The van der Waals surface area contributed by atoms with Gasteiger partial charge in [0.15, 0.2) is 0 Å². The second-order valence-electron chi connectivity index (χ2n) is 4.81. The molecule has 0 saturated heterocycles. The molecule has 2 aromatic heterocycles. The summed E-state index contributed by atoms with van der Waals surface area (Å²) in [6, 6.07) is 9.21. The first-order valence-electron chi connectivity index (χ1n) is 6.48. The number of nitrogens with zero attached hydrogens (tertiary/aromatic N) is 4. The maximum atomic E-state index is 12.5. The molecule has 0 unspecified atom stereocenters. The van der Waals surface area contributed by atoms with Crippen LogP contribution >= 0.6 is 11.7 Å². The number of hydrogen-bond acceptors (Lipinski definition) is 6. The van der Waals surface area contributed by atoms with Crippen molar-refractivity contribution in [2.75, 3.05) is 5.32 Å². The van der Waals surface area contributed by atoms with Gasteiger partial charge < -0.3 is 0 Å². The predicted molar refractivity (Wildman–Crippen MR) is 86.6 cm³/mol. The number of amides is 1. The fraction of sp³-hybridized carbons (Fsp3) is 0.0714. The van der Waals surface area contributed by atoms with Gasteiger partial charge in [0.25, 0.3) is 0 Å². The molecule has 8 heteroatoms. The van der Waals surface area contributed by atoms with E-state index in [9.17, 15) is 4.79 Å². The Morgan fingerprint density at radius 3 is 2.82 bits per heavy atom. The Balaban J connectivity index is 1.73. The summed E-state index contributed by atoms with van der Waals surface area (Å²) < 4.78 is 17.1. The first-order chi connectivity index (χ1) is 10.7. The molecule has 0 saturated carbocycles. The number of anilines is 1. The number of aryl methyl sites for hydroxylation is 1. The Morgan fingerprint density at radius 2 is 1.91 bits per heavy atom. The molecule has 1 amide bonds. The third kappa shape index (κ3) is 2.21. The molecule has 0 bridgehead atoms. The molecule has 4 rings (SSSR count). The number of carbonyl (C=O) groups excluding carboxylic acids is 1. The molecular formula is C14H9N5OSSe. The van der Waals surface area contributed by atoms with Crippen molar-refractivity contribution < 1.29 is 4.79 Å². The van der Waals surface area contributed by atoms with E-state index in [-0.39, 0.29) is 20.9 Å². The van der Waals surface area contributed by atoms with E-state index in [1.54, 1.807) is 12.1 Å². The average Bonchev–Trinajstić information content (AvgIpc) is 3.17. The van der Waals surface area contributed by atoms with E-state index >= 15 is 0 Å². The zero-order valence-electron chi connectivity index (χ0n) is 11.4. The summed E-state index contributed by atoms with van der Waals surface area (Å²) >= 11 is 1.05. The number of hydrogen-bond donors (Lipinski definition) is 1. The third-order valence-electron chi connectivity index (χ3n) is 3.39. The van der Waals surface area contributed by atoms with Gasteiger partial charge in [-0.1, -0.05) is 0 Å². The van der Waals surface area contributed by atoms with Crippen LogP contribution in [0.4, 0.5) is 5.69 Å². The first-order valence-corrected chi connectivity index (χ1v) is 8.74. The molecular weight excluding hydrogens is 365 g/mol. The zero-order chi connectivity index (χ0) is 15.1. The van der Waals surface area contributed by atoms with E-state index in [2.05, 4.69) is 22.0 Å². The Bertz CT molecular complexity index is 1010. The Labute approximate surface area is 135 Å². The molecule has 2 aromatic carbocycles. The summed E-state index contributed by atoms with van der Waals surface area (Å²) in [5.41, 5.74) is 5.39. The molecule has 4 aromatic rings. The van der Waals surface area contributed by atoms with Crippen molar-refractivity contribution in [2.24, 2.45) is 0 Å². The topological polar surface area (TPSA) is 80.7 Å². The van der Waals surface area contributed by atoms with Gasteiger partial charge in [-0.05, 0) is 0 Å². The van der Waals surface area contributed by atoms with E-state index in [1.807, 2.05) is 25.1 Å². The summed E-state index contributed by atoms with van der Waals surface area (Å²) in [6.45, 7) is 1.94. The quantitative estimate of drug-likeness (QED) is 0.545. The molecule has 1 N–H and O–H groups in total. The van der Waals surface area contributed by atoms with Crippen LogP contribution < -0.4 is 5.32 Å². The molecule has 0 aliphatic carbocycles. The van der Waals surface area contributed by atoms with Crippen molar-refractivity contribution in [2.45, 2.75) is 6.92 Å². The zero-order valence-corrected chi connectivity index (χ0v) is 13.9. The summed E-state index contributed by atoms with van der Waals surface area (Å²) in [5, 5.41) is 2.94. The van der Waals surface area contributed by atoms with Gasteiger partial charge in [0.1, 0.15) is 0 Å². The average molecular weight is 374 g/mol. The standard InChI is InChI=1S/C14H9N5OSSe/c1-7-2-4-10-13(17-21-16-10)12(7)15-14(20)8-3-5-9-11(6-8)19-22-18-9/h2-6H,1H3,(H,15,20). The van der Waals surface area contributed by atoms with Crippen molar-refractivity contribution >= 4 is 60.4 Å². The summed E-state index contributed by atoms with van der Waals surface area (Å²) in [7, 11) is 0. The molecule has 0 spiro atoms. The van der Waals surface area contributed by atoms with Gasteiger partial charge >= 0.3 is 136 Å². The Morgan fingerprint density at radius 1 is 1.09 bits per heavy atom. The van der Waals surface area contributed by atoms with Crippen LogP contribution in [0.5, 0.6) is 0 Å². The van der Waals surface area contributed by atoms with Gasteiger partial charge in [0.2, 0.25) is 0 Å². The molecule has 0 atom stereocenters. The van der Waals surface area contributed by atoms with Crippen LogP contribution in [0.1, 0.15) is 15.9 Å². The van der Waals surface area contributed by atoms with E-state index in [0.717, 1.165) is 39.4 Å². The first kappa shape index (κ1) is 13.5. The van der Waals surface area contributed by atoms with Crippen LogP contribution in [0.3, 0.4) is 0 Å². The molecule has 0 fully saturated rings. The molecule has 2 heterocycles. The van der Waals surface area contributed by atoms with Crippen molar-refractivity contribution in [3.63, 3.8) is 0 Å². The van der Waals surface area contributed by atoms with Gasteiger partial charge in [0.05, 0.1) is 0 Å². The van der Waals surface area contributed by atoms with Gasteiger partial charge in [-0.15, -0.1) is 0 Å². The van der Waals surface area contributed by atoms with Crippen LogP contribution in [0.25, 0.3) is 22.1 Å². The Hall–Kier alpha value is -2.15. The van der Waals surface area contributed by atoms with Crippen LogP contribution in [0, 0.1) is 6.92 Å². The van der Waals surface area contributed by atoms with Crippen molar-refractivity contribution in [3.05, 3.63) is 41.5 Å². The second-order valence-corrected chi connectivity index (χ2v) is 6.45. The number of carbonyl (C=O) groups is 1. The van der Waals surface area contributed by atoms with E-state index in [0.29, 0.717) is 11.3 Å². The normalized spacial score (nSPS) is 11.1. The molecule has 0 radical (unpaired) electrons. The van der Waals surface area contributed by atoms with Crippen molar-refractivity contribution in [1.82, 2.24) is 16.7 Å². The second kappa shape index (κ2) is 5.24. The fourth-order valence-electron chi connectivity index (χ4n) is 2.22. The molecule has 0 aliphatic rings. The van der Waals surface area contributed by atoms with Gasteiger partial charge in [-0.3, -0.25) is 0 Å². The monoisotopic (exact) mass is 375 g/mol. The van der Waals surface area contributed by atoms with E-state index in [4.69, 9.17) is 0 Å². The van der Waals surface area contributed by atoms with Gasteiger partial charge in [-0.2, -0.15) is 0 Å². The van der Waals surface area contributed by atoms with Crippen LogP contribution in [-0.4, -0.2) is 37.6 Å². The van der Waals surface area contributed by atoms with Crippen molar-refractivity contribution in [3.8, 4) is 0 Å². The number of benzene rings is 2. The minimum absolute atomic E-state index is 0.0914. The minimum atomic E-state index is -0.180. The summed E-state index contributed by atoms with van der Waals surface area (Å²) in [4.78, 5) is 12.5. The van der Waals surface area contributed by atoms with E-state index in [1.165, 1.54) is 0 Å². The molecule has 6 nitrogen and oxygen atoms in total. The fourth-order valence-corrected chi connectivity index (χ4v) is 3.85. The van der Waals surface area contributed by atoms with Crippen molar-refractivity contribution in [1.29, 1.82) is 0 Å². The van der Waals surface area contributed by atoms with Gasteiger partial charge in [-0.25, -0.2) is 0 Å². The van der Waals surface area contributed by atoms with Gasteiger partial charge in [0, 0.05) is 0 Å². The SMILES string of the molecule is Cc1ccc2nsnc2c1NC(=O)c1ccc2n[se]nc2c1. The number of rotatable bonds is 2. The van der Waals surface area contributed by atoms with Crippen LogP contribution in [0.2, 0.25) is 0 Å². The van der Waals surface area contributed by atoms with E-state index < -0.39 is 0 Å². The summed E-state index contributed by atoms with van der Waals surface area (Å²) in [5.74, 6) is -0.180. The Kier molecular flexibility index (Phi) is 3.22.